The highest BCUT2D eigenvalue weighted by atomic mass is 32.2. The molecule has 0 bridgehead atoms. The number of carbonyl (C=O) groups is 2. The van der Waals surface area contributed by atoms with Crippen LogP contribution in [0.1, 0.15) is 156 Å². The Kier molecular flexibility index (Phi) is 14.0. The molecule has 0 saturated heterocycles. The Morgan fingerprint density at radius 1 is 0.935 bits per heavy atom. The van der Waals surface area contributed by atoms with Crippen LogP contribution in [0, 0.1) is 25.7 Å². The molecule has 3 amide bonds. The predicted molar refractivity (Wildman–Crippen MR) is 201 cm³/mol. The van der Waals surface area contributed by atoms with Crippen LogP contribution >= 0.6 is 11.8 Å². The molecule has 1 aromatic rings. The van der Waals surface area contributed by atoms with E-state index in [0.717, 1.165) is 30.1 Å². The van der Waals surface area contributed by atoms with E-state index in [9.17, 15) is 9.59 Å². The van der Waals surface area contributed by atoms with Crippen molar-refractivity contribution in [2.75, 3.05) is 13.6 Å². The van der Waals surface area contributed by atoms with Crippen molar-refractivity contribution >= 4 is 28.9 Å². The Bertz CT molecular complexity index is 1230. The Morgan fingerprint density at radius 2 is 1.48 bits per heavy atom. The summed E-state index contributed by atoms with van der Waals surface area (Å²) in [6.45, 7) is 32.3. The first-order valence-corrected chi connectivity index (χ1v) is 18.5. The minimum Gasteiger partial charge on any atom is -0.323 e. The standard InChI is InChI=1S/C26H43N.C13H25N3O2S/c1-8-20-9-11-21(12-10-20)16-27-17-22-15-23-24(19(3)18(22)2)26(6,7)14-13-25(23,4)5;1-9(15-11(18)19-13(5,6)7)14-10(17)16(8)12(2,3)4/h15,20-21,27H,8-14,16-17H2,1-7H3;1-8H3,(H,14,15,17,18). The van der Waals surface area contributed by atoms with Crippen molar-refractivity contribution in [3.05, 3.63) is 33.9 Å². The Labute approximate surface area is 287 Å². The average molecular weight is 657 g/mol. The first-order valence-electron chi connectivity index (χ1n) is 17.7. The van der Waals surface area contributed by atoms with Crippen molar-refractivity contribution in [3.63, 3.8) is 0 Å². The molecule has 262 valence electrons. The molecule has 1 aromatic carbocycles. The van der Waals surface area contributed by atoms with Crippen LogP contribution in [0.2, 0.25) is 0 Å². The predicted octanol–water partition coefficient (Wildman–Crippen LogP) is 10.5. The number of urea groups is 1. The minimum absolute atomic E-state index is 0.187. The van der Waals surface area contributed by atoms with Crippen molar-refractivity contribution < 1.29 is 9.59 Å². The van der Waals surface area contributed by atoms with Gasteiger partial charge in [-0.15, -0.1) is 0 Å². The number of rotatable bonds is 5. The second-order valence-corrected chi connectivity index (χ2v) is 19.0. The topological polar surface area (TPSA) is 73.8 Å². The van der Waals surface area contributed by atoms with E-state index in [1.54, 1.807) is 35.6 Å². The van der Waals surface area contributed by atoms with Gasteiger partial charge in [0.05, 0.1) is 0 Å². The highest BCUT2D eigenvalue weighted by molar-refractivity contribution is 8.14. The molecule has 0 atom stereocenters. The summed E-state index contributed by atoms with van der Waals surface area (Å²) in [6.07, 6.45) is 9.71. The summed E-state index contributed by atoms with van der Waals surface area (Å²) in [5.41, 5.74) is 8.17. The molecule has 0 radical (unpaired) electrons. The van der Waals surface area contributed by atoms with Crippen LogP contribution < -0.4 is 10.6 Å². The van der Waals surface area contributed by atoms with Crippen LogP contribution in [0.3, 0.4) is 0 Å². The second kappa shape index (κ2) is 16.0. The van der Waals surface area contributed by atoms with E-state index in [4.69, 9.17) is 0 Å². The minimum atomic E-state index is -0.302. The van der Waals surface area contributed by atoms with E-state index in [1.807, 2.05) is 41.5 Å². The first kappa shape index (κ1) is 40.3. The number of nitrogens with zero attached hydrogens (tertiary/aromatic N) is 2. The average Bonchev–Trinajstić information content (AvgIpc) is 2.92. The smallest absolute Gasteiger partial charge is 0.322 e. The molecule has 46 heavy (non-hydrogen) atoms. The summed E-state index contributed by atoms with van der Waals surface area (Å²) >= 11 is 1.13. The maximum Gasteiger partial charge on any atom is 0.322 e. The number of thioether (sulfide) groups is 1. The van der Waals surface area contributed by atoms with Crippen molar-refractivity contribution in [2.45, 2.75) is 170 Å². The molecule has 0 unspecified atom stereocenters. The summed E-state index contributed by atoms with van der Waals surface area (Å²) in [6, 6.07) is 2.28. The van der Waals surface area contributed by atoms with Crippen LogP contribution in [-0.4, -0.2) is 45.9 Å². The third-order valence-corrected chi connectivity index (χ3v) is 11.2. The molecule has 6 nitrogen and oxygen atoms in total. The second-order valence-electron chi connectivity index (χ2n) is 17.2. The molecular formula is C39H68N4O2S. The lowest BCUT2D eigenvalue weighted by Gasteiger charge is -2.43. The molecule has 2 aliphatic carbocycles. The highest BCUT2D eigenvalue weighted by Gasteiger charge is 2.39. The lowest BCUT2D eigenvalue weighted by atomic mass is 9.61. The molecule has 1 fully saturated rings. The van der Waals surface area contributed by atoms with Crippen molar-refractivity contribution in [1.82, 2.24) is 15.5 Å². The van der Waals surface area contributed by atoms with Gasteiger partial charge in [0, 0.05) is 23.9 Å². The molecular weight excluding hydrogens is 589 g/mol. The summed E-state index contributed by atoms with van der Waals surface area (Å²) in [7, 11) is 1.70. The van der Waals surface area contributed by atoms with Crippen molar-refractivity contribution in [3.8, 4) is 0 Å². The highest BCUT2D eigenvalue weighted by Crippen LogP contribution is 2.48. The van der Waals surface area contributed by atoms with E-state index < -0.39 is 0 Å². The molecule has 0 aromatic heterocycles. The van der Waals surface area contributed by atoms with E-state index in [1.165, 1.54) is 62.6 Å². The lowest BCUT2D eigenvalue weighted by Crippen LogP contribution is -2.49. The Morgan fingerprint density at radius 3 is 2.00 bits per heavy atom. The van der Waals surface area contributed by atoms with Crippen LogP contribution in [0.15, 0.2) is 11.1 Å². The van der Waals surface area contributed by atoms with Gasteiger partial charge in [0.1, 0.15) is 5.84 Å². The molecule has 0 aliphatic heterocycles. The molecule has 7 heteroatoms. The maximum absolute atomic E-state index is 11.9. The quantitative estimate of drug-likeness (QED) is 0.244. The fourth-order valence-electron chi connectivity index (χ4n) is 6.71. The number of amides is 3. The number of hydrogen-bond donors (Lipinski definition) is 2. The van der Waals surface area contributed by atoms with Gasteiger partial charge in [-0.2, -0.15) is 4.99 Å². The third kappa shape index (κ3) is 11.7. The largest absolute Gasteiger partial charge is 0.323 e. The number of nitrogens with one attached hydrogen (secondary N) is 2. The fraction of sp³-hybridized carbons (Fsp3) is 0.769. The van der Waals surface area contributed by atoms with E-state index in [0.29, 0.717) is 16.7 Å². The Hall–Kier alpha value is -1.86. The molecule has 0 spiro atoms. The van der Waals surface area contributed by atoms with Gasteiger partial charge >= 0.3 is 11.3 Å². The monoisotopic (exact) mass is 657 g/mol. The molecule has 2 N–H and O–H groups in total. The number of amidine groups is 1. The number of fused-ring (bicyclic) bond motifs is 1. The van der Waals surface area contributed by atoms with Gasteiger partial charge in [-0.1, -0.05) is 92.5 Å². The normalized spacial score (nSPS) is 21.1. The zero-order valence-corrected chi connectivity index (χ0v) is 33.0. The van der Waals surface area contributed by atoms with E-state index >= 15 is 0 Å². The van der Waals surface area contributed by atoms with Crippen LogP contribution in [0.25, 0.3) is 0 Å². The van der Waals surface area contributed by atoms with Gasteiger partial charge in [0.15, 0.2) is 0 Å². The molecule has 3 rings (SSSR count). The zero-order chi connectivity index (χ0) is 35.3. The van der Waals surface area contributed by atoms with Crippen LogP contribution in [0.5, 0.6) is 0 Å². The van der Waals surface area contributed by atoms with Crippen LogP contribution in [0.4, 0.5) is 9.59 Å². The zero-order valence-electron chi connectivity index (χ0n) is 32.2. The summed E-state index contributed by atoms with van der Waals surface area (Å²) < 4.78 is -0.187. The summed E-state index contributed by atoms with van der Waals surface area (Å²) in [5, 5.41) is 6.13. The summed E-state index contributed by atoms with van der Waals surface area (Å²) in [4.78, 5) is 28.9. The lowest BCUT2D eigenvalue weighted by molar-refractivity contribution is 0.170. The third-order valence-electron chi connectivity index (χ3n) is 10.3. The maximum atomic E-state index is 11.9. The van der Waals surface area contributed by atoms with Gasteiger partial charge in [-0.25, -0.2) is 4.79 Å². The van der Waals surface area contributed by atoms with E-state index in [-0.39, 0.29) is 21.6 Å². The summed E-state index contributed by atoms with van der Waals surface area (Å²) in [5.74, 6) is 2.20. The first-order chi connectivity index (χ1) is 21.0. The van der Waals surface area contributed by atoms with Gasteiger partial charge in [-0.05, 0) is 124 Å². The number of aliphatic imine (C=N–C) groups is 1. The molecule has 0 heterocycles. The number of benzene rings is 1. The Balaban J connectivity index is 0.000000344. The SMILES string of the molecule is C/C(=N/C(=O)SC(C)(C)C)NC(=O)N(C)C(C)(C)C.CCC1CCC(CNCc2cc3c(c(C)c2C)C(C)(C)CCC3(C)C)CC1. The van der Waals surface area contributed by atoms with Gasteiger partial charge in [0.25, 0.3) is 0 Å². The molecule has 2 aliphatic rings. The van der Waals surface area contributed by atoms with E-state index in [2.05, 4.69) is 70.2 Å². The number of carbonyl (C=O) groups excluding carboxylic acids is 2. The van der Waals surface area contributed by atoms with Crippen LogP contribution in [-0.2, 0) is 17.4 Å². The number of hydrogen-bond acceptors (Lipinski definition) is 4. The van der Waals surface area contributed by atoms with Gasteiger partial charge < -0.3 is 10.2 Å². The van der Waals surface area contributed by atoms with Gasteiger partial charge in [-0.3, -0.25) is 10.1 Å². The molecule has 1 saturated carbocycles. The fourth-order valence-corrected chi connectivity index (χ4v) is 7.41. The van der Waals surface area contributed by atoms with Crippen molar-refractivity contribution in [1.29, 1.82) is 0 Å². The van der Waals surface area contributed by atoms with Crippen molar-refractivity contribution in [2.24, 2.45) is 16.8 Å². The van der Waals surface area contributed by atoms with Gasteiger partial charge in [0.2, 0.25) is 0 Å².